The molecular formula is C14H18N4O2S. The van der Waals surface area contributed by atoms with E-state index in [0.29, 0.717) is 28.7 Å². The number of hydrogen-bond donors (Lipinski definition) is 2. The van der Waals surface area contributed by atoms with Crippen molar-refractivity contribution in [2.24, 2.45) is 5.92 Å². The Hall–Kier alpha value is -1.86. The highest BCUT2D eigenvalue weighted by atomic mass is 32.1. The Morgan fingerprint density at radius 1 is 1.33 bits per heavy atom. The molecule has 2 N–H and O–H groups in total. The largest absolute Gasteiger partial charge is 0.393 e. The fourth-order valence-corrected chi connectivity index (χ4v) is 2.43. The average molecular weight is 306 g/mol. The third-order valence-electron chi connectivity index (χ3n) is 2.98. The predicted molar refractivity (Wildman–Crippen MR) is 80.9 cm³/mol. The number of nitrogens with one attached hydrogen (secondary N) is 1. The van der Waals surface area contributed by atoms with Gasteiger partial charge in [0.1, 0.15) is 4.88 Å². The van der Waals surface area contributed by atoms with Gasteiger partial charge in [-0.05, 0) is 18.4 Å². The second-order valence-electron chi connectivity index (χ2n) is 4.96. The molecule has 21 heavy (non-hydrogen) atoms. The first-order chi connectivity index (χ1) is 10.1. The van der Waals surface area contributed by atoms with E-state index in [1.54, 1.807) is 18.5 Å². The van der Waals surface area contributed by atoms with E-state index in [4.69, 9.17) is 0 Å². The maximum Gasteiger partial charge on any atom is 0.263 e. The lowest BCUT2D eigenvalue weighted by molar-refractivity contribution is 0.0923. The molecule has 6 nitrogen and oxygen atoms in total. The van der Waals surface area contributed by atoms with Crippen LogP contribution in [0.25, 0.3) is 10.8 Å². The van der Waals surface area contributed by atoms with Crippen molar-refractivity contribution in [3.63, 3.8) is 0 Å². The first-order valence-electron chi connectivity index (χ1n) is 6.77. The molecule has 112 valence electrons. The zero-order chi connectivity index (χ0) is 15.2. The minimum Gasteiger partial charge on any atom is -0.393 e. The second-order valence-corrected chi connectivity index (χ2v) is 5.99. The van der Waals surface area contributed by atoms with Crippen LogP contribution in [0.3, 0.4) is 0 Å². The Kier molecular flexibility index (Phi) is 5.35. The van der Waals surface area contributed by atoms with Gasteiger partial charge in [0, 0.05) is 18.9 Å². The number of hydrogen-bond acceptors (Lipinski definition) is 6. The number of aliphatic hydroxyl groups excluding tert-OH is 1. The first-order valence-corrected chi connectivity index (χ1v) is 7.59. The van der Waals surface area contributed by atoms with Crippen LogP contribution in [0, 0.1) is 5.92 Å². The number of nitrogens with zero attached hydrogens (tertiary/aromatic N) is 3. The van der Waals surface area contributed by atoms with Gasteiger partial charge in [-0.2, -0.15) is 0 Å². The van der Waals surface area contributed by atoms with E-state index in [9.17, 15) is 9.90 Å². The number of rotatable bonds is 6. The molecule has 0 aliphatic rings. The van der Waals surface area contributed by atoms with Gasteiger partial charge >= 0.3 is 0 Å². The summed E-state index contributed by atoms with van der Waals surface area (Å²) in [4.78, 5) is 24.8. The molecule has 0 aliphatic carbocycles. The summed E-state index contributed by atoms with van der Waals surface area (Å²) < 4.78 is 0. The van der Waals surface area contributed by atoms with Crippen molar-refractivity contribution in [1.29, 1.82) is 0 Å². The highest BCUT2D eigenvalue weighted by molar-refractivity contribution is 7.16. The number of aliphatic hydroxyl groups is 1. The molecule has 0 bridgehead atoms. The third kappa shape index (κ3) is 4.30. The van der Waals surface area contributed by atoms with E-state index in [1.807, 2.05) is 13.8 Å². The van der Waals surface area contributed by atoms with Crippen LogP contribution in [0.5, 0.6) is 0 Å². The van der Waals surface area contributed by atoms with Crippen molar-refractivity contribution in [2.75, 3.05) is 6.54 Å². The Balaban J connectivity index is 1.91. The normalized spacial score (nSPS) is 12.4. The summed E-state index contributed by atoms with van der Waals surface area (Å²) >= 11 is 1.25. The van der Waals surface area contributed by atoms with Gasteiger partial charge in [-0.3, -0.25) is 4.79 Å². The van der Waals surface area contributed by atoms with Gasteiger partial charge in [0.25, 0.3) is 5.91 Å². The van der Waals surface area contributed by atoms with Gasteiger partial charge in [-0.1, -0.05) is 13.8 Å². The fourth-order valence-electron chi connectivity index (χ4n) is 1.65. The lowest BCUT2D eigenvalue weighted by Crippen LogP contribution is -2.28. The highest BCUT2D eigenvalue weighted by Crippen LogP contribution is 2.21. The van der Waals surface area contributed by atoms with E-state index in [1.165, 1.54) is 17.5 Å². The topological polar surface area (TPSA) is 88.0 Å². The van der Waals surface area contributed by atoms with Gasteiger partial charge in [0.2, 0.25) is 0 Å². The summed E-state index contributed by atoms with van der Waals surface area (Å²) in [6, 6.07) is 1.73. The Morgan fingerprint density at radius 3 is 2.71 bits per heavy atom. The van der Waals surface area contributed by atoms with Crippen molar-refractivity contribution in [2.45, 2.75) is 26.4 Å². The van der Waals surface area contributed by atoms with Crippen LogP contribution in [-0.4, -0.2) is 38.6 Å². The second kappa shape index (κ2) is 7.24. The summed E-state index contributed by atoms with van der Waals surface area (Å²) in [5.74, 6) is 0.509. The molecule has 0 saturated heterocycles. The summed E-state index contributed by atoms with van der Waals surface area (Å²) in [5.41, 5.74) is 0. The maximum atomic E-state index is 12.0. The number of amides is 1. The van der Waals surface area contributed by atoms with Gasteiger partial charge in [-0.25, -0.2) is 15.0 Å². The SMILES string of the molecule is CC(C)C(O)CCNC(=O)c1cnc(-c2ncccn2)s1. The van der Waals surface area contributed by atoms with Gasteiger partial charge < -0.3 is 10.4 Å². The Morgan fingerprint density at radius 2 is 2.05 bits per heavy atom. The van der Waals surface area contributed by atoms with E-state index in [2.05, 4.69) is 20.3 Å². The third-order valence-corrected chi connectivity index (χ3v) is 3.97. The van der Waals surface area contributed by atoms with Crippen LogP contribution in [-0.2, 0) is 0 Å². The molecule has 2 rings (SSSR count). The van der Waals surface area contributed by atoms with Crippen LogP contribution >= 0.6 is 11.3 Å². The molecule has 7 heteroatoms. The van der Waals surface area contributed by atoms with Crippen molar-refractivity contribution in [3.8, 4) is 10.8 Å². The van der Waals surface area contributed by atoms with E-state index in [-0.39, 0.29) is 11.8 Å². The zero-order valence-electron chi connectivity index (χ0n) is 12.0. The standard InChI is InChI=1S/C14H18N4O2S/c1-9(2)10(19)4-7-17-13(20)11-8-18-14(21-11)12-15-5-3-6-16-12/h3,5-6,8-10,19H,4,7H2,1-2H3,(H,17,20). The lowest BCUT2D eigenvalue weighted by Gasteiger charge is -2.14. The molecule has 0 saturated carbocycles. The van der Waals surface area contributed by atoms with Crippen LogP contribution in [0.15, 0.2) is 24.7 Å². The molecule has 0 fully saturated rings. The van der Waals surface area contributed by atoms with Crippen molar-refractivity contribution in [3.05, 3.63) is 29.5 Å². The number of aromatic nitrogens is 3. The quantitative estimate of drug-likeness (QED) is 0.848. The molecule has 1 unspecified atom stereocenters. The zero-order valence-corrected chi connectivity index (χ0v) is 12.8. The molecule has 2 heterocycles. The molecular weight excluding hydrogens is 288 g/mol. The summed E-state index contributed by atoms with van der Waals surface area (Å²) in [5, 5.41) is 13.1. The van der Waals surface area contributed by atoms with E-state index >= 15 is 0 Å². The monoisotopic (exact) mass is 306 g/mol. The minimum atomic E-state index is -0.403. The van der Waals surface area contributed by atoms with Crippen LogP contribution in [0.2, 0.25) is 0 Å². The first kappa shape index (κ1) is 15.5. The van der Waals surface area contributed by atoms with Crippen LogP contribution in [0.4, 0.5) is 0 Å². The van der Waals surface area contributed by atoms with E-state index in [0.717, 1.165) is 0 Å². The summed E-state index contributed by atoms with van der Waals surface area (Å²) in [6.07, 6.45) is 4.93. The molecule has 1 atom stereocenters. The Bertz CT molecular complexity index is 586. The Labute approximate surface area is 127 Å². The molecule has 1 amide bonds. The van der Waals surface area contributed by atoms with Crippen molar-refractivity contribution >= 4 is 17.2 Å². The van der Waals surface area contributed by atoms with Crippen LogP contribution < -0.4 is 5.32 Å². The fraction of sp³-hybridized carbons (Fsp3) is 0.429. The molecule has 2 aromatic rings. The predicted octanol–water partition coefficient (Wildman–Crippen LogP) is 1.74. The lowest BCUT2D eigenvalue weighted by atomic mass is 10.0. The summed E-state index contributed by atoms with van der Waals surface area (Å²) in [7, 11) is 0. The smallest absolute Gasteiger partial charge is 0.263 e. The van der Waals surface area contributed by atoms with Crippen LogP contribution in [0.1, 0.15) is 29.9 Å². The van der Waals surface area contributed by atoms with Crippen molar-refractivity contribution in [1.82, 2.24) is 20.3 Å². The number of carbonyl (C=O) groups excluding carboxylic acids is 1. The minimum absolute atomic E-state index is 0.187. The van der Waals surface area contributed by atoms with Gasteiger partial charge in [0.05, 0.1) is 12.3 Å². The number of carbonyl (C=O) groups is 1. The number of thiazole rings is 1. The molecule has 0 radical (unpaired) electrons. The molecule has 2 aromatic heterocycles. The van der Waals surface area contributed by atoms with E-state index < -0.39 is 6.10 Å². The van der Waals surface area contributed by atoms with Gasteiger partial charge in [-0.15, -0.1) is 11.3 Å². The average Bonchev–Trinajstić information content (AvgIpc) is 2.97. The van der Waals surface area contributed by atoms with Crippen molar-refractivity contribution < 1.29 is 9.90 Å². The maximum absolute atomic E-state index is 12.0. The molecule has 0 aliphatic heterocycles. The van der Waals surface area contributed by atoms with Gasteiger partial charge in [0.15, 0.2) is 10.8 Å². The molecule has 0 spiro atoms. The molecule has 0 aromatic carbocycles. The highest BCUT2D eigenvalue weighted by Gasteiger charge is 2.14. The summed E-state index contributed by atoms with van der Waals surface area (Å²) in [6.45, 7) is 4.33.